The van der Waals surface area contributed by atoms with Gasteiger partial charge in [0.15, 0.2) is 0 Å². The van der Waals surface area contributed by atoms with E-state index >= 15 is 0 Å². The van der Waals surface area contributed by atoms with Crippen LogP contribution >= 0.6 is 0 Å². The molecule has 0 fully saturated rings. The minimum atomic E-state index is -0.700. The van der Waals surface area contributed by atoms with E-state index in [1.54, 1.807) is 13.8 Å². The van der Waals surface area contributed by atoms with Crippen LogP contribution in [0.2, 0.25) is 0 Å². The van der Waals surface area contributed by atoms with Crippen molar-refractivity contribution in [1.29, 1.82) is 0 Å². The molecule has 1 aromatic heterocycles. The van der Waals surface area contributed by atoms with Crippen molar-refractivity contribution in [3.05, 3.63) is 5.82 Å². The Kier molecular flexibility index (Phi) is 4.57. The zero-order chi connectivity index (χ0) is 14.6. The summed E-state index contributed by atoms with van der Waals surface area (Å²) in [5.74, 6) is -1.01. The molecule has 0 aliphatic heterocycles. The van der Waals surface area contributed by atoms with Crippen LogP contribution in [0.1, 0.15) is 51.3 Å². The summed E-state index contributed by atoms with van der Waals surface area (Å²) in [5.41, 5.74) is -0.372. The fourth-order valence-corrected chi connectivity index (χ4v) is 1.37. The van der Waals surface area contributed by atoms with Crippen LogP contribution in [0, 0.1) is 0 Å². The molecule has 0 bridgehead atoms. The second kappa shape index (κ2) is 5.77. The van der Waals surface area contributed by atoms with Gasteiger partial charge in [-0.15, -0.1) is 5.10 Å². The van der Waals surface area contributed by atoms with E-state index in [2.05, 4.69) is 20.8 Å². The van der Waals surface area contributed by atoms with Crippen molar-refractivity contribution in [2.24, 2.45) is 0 Å². The van der Waals surface area contributed by atoms with E-state index < -0.39 is 12.0 Å². The fraction of sp³-hybridized carbons (Fsp3) is 0.727. The second-order valence-electron chi connectivity index (χ2n) is 5.08. The monoisotopic (exact) mass is 269 g/mol. The molecule has 1 N–H and O–H groups in total. The van der Waals surface area contributed by atoms with Gasteiger partial charge in [-0.25, -0.2) is 9.48 Å². The Hall–Kier alpha value is -1.99. The maximum absolute atomic E-state index is 12.0. The molecule has 8 heteroatoms. The highest BCUT2D eigenvalue weighted by Gasteiger charge is 2.27. The van der Waals surface area contributed by atoms with E-state index in [-0.39, 0.29) is 23.9 Å². The first-order chi connectivity index (χ1) is 8.76. The number of nitrogens with zero attached hydrogens (tertiary/aromatic N) is 4. The van der Waals surface area contributed by atoms with Gasteiger partial charge in [0.25, 0.3) is 5.82 Å². The molecule has 1 rings (SSSR count). The number of carbonyl (C=O) groups excluding carboxylic acids is 2. The third-order valence-corrected chi connectivity index (χ3v) is 2.20. The van der Waals surface area contributed by atoms with Crippen LogP contribution in [0.4, 0.5) is 0 Å². The average Bonchev–Trinajstić information content (AvgIpc) is 2.74. The fourth-order valence-electron chi connectivity index (χ4n) is 1.37. The van der Waals surface area contributed by atoms with Gasteiger partial charge in [-0.1, -0.05) is 0 Å². The number of hydrogen-bond donors (Lipinski definition) is 1. The van der Waals surface area contributed by atoms with E-state index in [0.717, 1.165) is 4.68 Å². The molecule has 1 heterocycles. The lowest BCUT2D eigenvalue weighted by Crippen LogP contribution is -2.44. The molecular formula is C11H19N5O3. The minimum Gasteiger partial charge on any atom is -0.460 e. The summed E-state index contributed by atoms with van der Waals surface area (Å²) < 4.78 is 5.98. The highest BCUT2D eigenvalue weighted by atomic mass is 16.5. The molecule has 106 valence electrons. The van der Waals surface area contributed by atoms with E-state index in [4.69, 9.17) is 4.74 Å². The Morgan fingerprint density at radius 2 is 2.05 bits per heavy atom. The summed E-state index contributed by atoms with van der Waals surface area (Å²) in [5, 5.41) is 13.5. The molecule has 1 unspecified atom stereocenters. The molecule has 0 radical (unpaired) electrons. The van der Waals surface area contributed by atoms with E-state index in [1.807, 2.05) is 20.8 Å². The van der Waals surface area contributed by atoms with Crippen LogP contribution in [0.5, 0.6) is 0 Å². The van der Waals surface area contributed by atoms with Crippen molar-refractivity contribution < 1.29 is 14.3 Å². The summed E-state index contributed by atoms with van der Waals surface area (Å²) in [4.78, 5) is 23.6. The van der Waals surface area contributed by atoms with Crippen LogP contribution in [0.15, 0.2) is 0 Å². The lowest BCUT2D eigenvalue weighted by molar-refractivity contribution is -0.125. The van der Waals surface area contributed by atoms with Gasteiger partial charge < -0.3 is 10.1 Å². The number of nitrogens with one attached hydrogen (secondary N) is 1. The third-order valence-electron chi connectivity index (χ3n) is 2.20. The molecule has 8 nitrogen and oxygen atoms in total. The molecule has 0 aliphatic carbocycles. The summed E-state index contributed by atoms with van der Waals surface area (Å²) in [6.45, 7) is 9.10. The second-order valence-corrected chi connectivity index (χ2v) is 5.08. The van der Waals surface area contributed by atoms with Crippen LogP contribution in [-0.2, 0) is 9.53 Å². The summed E-state index contributed by atoms with van der Waals surface area (Å²) in [7, 11) is 0. The number of tetrazole rings is 1. The number of amides is 1. The van der Waals surface area contributed by atoms with Crippen LogP contribution in [0.25, 0.3) is 0 Å². The lowest BCUT2D eigenvalue weighted by atomic mass is 10.1. The number of carbonyl (C=O) groups is 2. The van der Waals surface area contributed by atoms with Gasteiger partial charge in [0, 0.05) is 5.54 Å². The molecule has 1 aromatic rings. The van der Waals surface area contributed by atoms with Gasteiger partial charge in [0.2, 0.25) is 5.91 Å². The van der Waals surface area contributed by atoms with Gasteiger partial charge in [-0.05, 0) is 45.0 Å². The zero-order valence-corrected chi connectivity index (χ0v) is 11.8. The maximum Gasteiger partial charge on any atom is 0.378 e. The molecular weight excluding hydrogens is 250 g/mol. The van der Waals surface area contributed by atoms with Crippen molar-refractivity contribution in [2.75, 3.05) is 6.61 Å². The Bertz CT molecular complexity index is 463. The van der Waals surface area contributed by atoms with Crippen molar-refractivity contribution in [1.82, 2.24) is 25.5 Å². The minimum absolute atomic E-state index is 0.0848. The normalized spacial score (nSPS) is 12.9. The first-order valence-corrected chi connectivity index (χ1v) is 6.03. The predicted molar refractivity (Wildman–Crippen MR) is 66.4 cm³/mol. The van der Waals surface area contributed by atoms with Crippen LogP contribution < -0.4 is 5.32 Å². The van der Waals surface area contributed by atoms with Crippen LogP contribution in [0.3, 0.4) is 0 Å². The highest BCUT2D eigenvalue weighted by Crippen LogP contribution is 2.10. The number of aromatic nitrogens is 4. The van der Waals surface area contributed by atoms with Gasteiger partial charge in [0.05, 0.1) is 6.61 Å². The first-order valence-electron chi connectivity index (χ1n) is 6.03. The molecule has 0 spiro atoms. The van der Waals surface area contributed by atoms with Gasteiger partial charge in [-0.2, -0.15) is 0 Å². The predicted octanol–water partition coefficient (Wildman–Crippen LogP) is 0.325. The number of rotatable bonds is 4. The highest BCUT2D eigenvalue weighted by molar-refractivity contribution is 5.87. The molecule has 1 atom stereocenters. The molecule has 0 saturated carbocycles. The van der Waals surface area contributed by atoms with Crippen molar-refractivity contribution in [3.63, 3.8) is 0 Å². The topological polar surface area (TPSA) is 99.0 Å². The molecule has 0 aromatic carbocycles. The molecule has 1 amide bonds. The molecule has 19 heavy (non-hydrogen) atoms. The quantitative estimate of drug-likeness (QED) is 0.790. The SMILES string of the molecule is CCOC(=O)c1nnnn1C(C)C(=O)NC(C)(C)C. The molecule has 0 saturated heterocycles. The number of hydrogen-bond acceptors (Lipinski definition) is 6. The van der Waals surface area contributed by atoms with Gasteiger partial charge >= 0.3 is 5.97 Å². The maximum atomic E-state index is 12.0. The Labute approximate surface area is 111 Å². The number of esters is 1. The summed E-state index contributed by atoms with van der Waals surface area (Å²) >= 11 is 0. The smallest absolute Gasteiger partial charge is 0.378 e. The third kappa shape index (κ3) is 4.01. The Balaban J connectivity index is 2.89. The number of ether oxygens (including phenoxy) is 1. The molecule has 0 aliphatic rings. The van der Waals surface area contributed by atoms with Gasteiger partial charge in [0.1, 0.15) is 6.04 Å². The van der Waals surface area contributed by atoms with E-state index in [1.165, 1.54) is 0 Å². The Morgan fingerprint density at radius 1 is 1.42 bits per heavy atom. The van der Waals surface area contributed by atoms with Gasteiger partial charge in [-0.3, -0.25) is 4.79 Å². The van der Waals surface area contributed by atoms with E-state index in [9.17, 15) is 9.59 Å². The van der Waals surface area contributed by atoms with E-state index in [0.29, 0.717) is 0 Å². The van der Waals surface area contributed by atoms with Crippen molar-refractivity contribution in [3.8, 4) is 0 Å². The average molecular weight is 269 g/mol. The summed E-state index contributed by atoms with van der Waals surface area (Å²) in [6.07, 6.45) is 0. The van der Waals surface area contributed by atoms with Crippen LogP contribution in [-0.4, -0.2) is 44.2 Å². The van der Waals surface area contributed by atoms with Crippen molar-refractivity contribution in [2.45, 2.75) is 46.2 Å². The standard InChI is InChI=1S/C11H19N5O3/c1-6-19-10(18)8-13-14-15-16(8)7(2)9(17)12-11(3,4)5/h7H,6H2,1-5H3,(H,12,17). The largest absolute Gasteiger partial charge is 0.460 e. The lowest BCUT2D eigenvalue weighted by Gasteiger charge is -2.23. The summed E-state index contributed by atoms with van der Waals surface area (Å²) in [6, 6.07) is -0.700. The first kappa shape index (κ1) is 15.1. The zero-order valence-electron chi connectivity index (χ0n) is 11.8. The van der Waals surface area contributed by atoms with Crippen molar-refractivity contribution >= 4 is 11.9 Å². The Morgan fingerprint density at radius 3 is 2.58 bits per heavy atom.